The van der Waals surface area contributed by atoms with Gasteiger partial charge in [-0.15, -0.1) is 11.8 Å². The number of likely N-dealkylation sites (tertiary alicyclic amines) is 1. The first-order chi connectivity index (χ1) is 16.0. The van der Waals surface area contributed by atoms with Gasteiger partial charge in [-0.3, -0.25) is 9.59 Å². The quantitative estimate of drug-likeness (QED) is 0.474. The van der Waals surface area contributed by atoms with E-state index in [9.17, 15) is 14.0 Å². The van der Waals surface area contributed by atoms with E-state index >= 15 is 0 Å². The summed E-state index contributed by atoms with van der Waals surface area (Å²) in [5, 5.41) is 3.29. The number of nitrogens with zero attached hydrogens (tertiary/aromatic N) is 2. The third-order valence-electron chi connectivity index (χ3n) is 7.17. The number of halogens is 1. The van der Waals surface area contributed by atoms with Crippen molar-refractivity contribution in [1.29, 1.82) is 0 Å². The van der Waals surface area contributed by atoms with Crippen LogP contribution in [0.5, 0.6) is 0 Å². The van der Waals surface area contributed by atoms with Crippen LogP contribution in [0.2, 0.25) is 0 Å². The number of benzene rings is 1. The molecule has 33 heavy (non-hydrogen) atoms. The highest BCUT2D eigenvalue weighted by molar-refractivity contribution is 8.04. The molecule has 2 saturated heterocycles. The van der Waals surface area contributed by atoms with Crippen molar-refractivity contribution in [2.45, 2.75) is 63.2 Å². The van der Waals surface area contributed by atoms with Crippen LogP contribution in [-0.2, 0) is 9.59 Å². The summed E-state index contributed by atoms with van der Waals surface area (Å²) >= 11 is 1.56. The number of thioether (sulfide) groups is 1. The van der Waals surface area contributed by atoms with Gasteiger partial charge in [0.25, 0.3) is 5.91 Å². The topological polar surface area (TPSA) is 52.7 Å². The lowest BCUT2D eigenvalue weighted by Crippen LogP contribution is -2.54. The normalized spacial score (nSPS) is 25.8. The maximum absolute atomic E-state index is 14.2. The van der Waals surface area contributed by atoms with Gasteiger partial charge >= 0.3 is 0 Å². The van der Waals surface area contributed by atoms with Crippen molar-refractivity contribution in [2.24, 2.45) is 5.92 Å². The molecule has 5 nitrogen and oxygen atoms in total. The van der Waals surface area contributed by atoms with Crippen molar-refractivity contribution in [2.75, 3.05) is 32.7 Å². The number of amides is 2. The van der Waals surface area contributed by atoms with E-state index in [-0.39, 0.29) is 35.5 Å². The summed E-state index contributed by atoms with van der Waals surface area (Å²) in [6.07, 6.45) is 9.24. The van der Waals surface area contributed by atoms with Crippen LogP contribution >= 0.6 is 11.8 Å². The Labute approximate surface area is 201 Å². The zero-order chi connectivity index (χ0) is 23.2. The van der Waals surface area contributed by atoms with E-state index < -0.39 is 0 Å². The second-order valence-corrected chi connectivity index (χ2v) is 11.0. The molecular formula is C26H36FN3O2S. The van der Waals surface area contributed by atoms with Gasteiger partial charge in [-0.2, -0.15) is 0 Å². The molecule has 2 unspecified atom stereocenters. The molecule has 0 aromatic heterocycles. The van der Waals surface area contributed by atoms with Crippen LogP contribution in [0.4, 0.5) is 4.39 Å². The molecule has 1 aromatic rings. The van der Waals surface area contributed by atoms with Crippen molar-refractivity contribution in [1.82, 2.24) is 15.1 Å². The van der Waals surface area contributed by atoms with E-state index in [0.717, 1.165) is 57.7 Å². The van der Waals surface area contributed by atoms with Gasteiger partial charge in [0.05, 0.1) is 4.91 Å². The van der Waals surface area contributed by atoms with Crippen molar-refractivity contribution in [3.05, 3.63) is 40.6 Å². The summed E-state index contributed by atoms with van der Waals surface area (Å²) in [4.78, 5) is 30.8. The average molecular weight is 474 g/mol. The van der Waals surface area contributed by atoms with Crippen molar-refractivity contribution >= 4 is 29.7 Å². The van der Waals surface area contributed by atoms with Gasteiger partial charge < -0.3 is 15.1 Å². The smallest absolute Gasteiger partial charge is 0.261 e. The average Bonchev–Trinajstić information content (AvgIpc) is 2.82. The van der Waals surface area contributed by atoms with Gasteiger partial charge in [-0.25, -0.2) is 4.39 Å². The zero-order valence-corrected chi connectivity index (χ0v) is 20.4. The summed E-state index contributed by atoms with van der Waals surface area (Å²) in [6, 6.07) is 6.58. The molecule has 3 aliphatic rings. The highest BCUT2D eigenvalue weighted by Crippen LogP contribution is 2.42. The largest absolute Gasteiger partial charge is 0.355 e. The molecular weight excluding hydrogens is 437 g/mol. The van der Waals surface area contributed by atoms with E-state index in [2.05, 4.69) is 17.1 Å². The molecule has 2 amide bonds. The Morgan fingerprint density at radius 2 is 1.94 bits per heavy atom. The standard InChI is InChI=1S/C26H36FN3O2S/c1-19-11-15-29(16-12-19)14-6-13-28-25(31)18-30-22-9-4-5-10-23(22)33-24(26(30)32)17-20-7-2-3-8-21(20)27/h2-3,7-8,17,19,22-23H,4-6,9-16,18H2,1H3,(H,28,31)/b24-17-. The minimum absolute atomic E-state index is 0.0788. The van der Waals surface area contributed by atoms with Crippen LogP contribution in [0.15, 0.2) is 29.2 Å². The van der Waals surface area contributed by atoms with Gasteiger partial charge in [0.2, 0.25) is 5.91 Å². The second kappa shape index (κ2) is 11.5. The summed E-state index contributed by atoms with van der Waals surface area (Å²) in [5.74, 6) is 0.236. The molecule has 0 spiro atoms. The van der Waals surface area contributed by atoms with Crippen molar-refractivity contribution < 1.29 is 14.0 Å². The van der Waals surface area contributed by atoms with E-state index in [0.29, 0.717) is 17.0 Å². The molecule has 4 rings (SSSR count). The fraction of sp³-hybridized carbons (Fsp3) is 0.615. The Morgan fingerprint density at radius 3 is 2.73 bits per heavy atom. The van der Waals surface area contributed by atoms with Gasteiger partial charge in [0.15, 0.2) is 0 Å². The first-order valence-corrected chi connectivity index (χ1v) is 13.3. The van der Waals surface area contributed by atoms with Crippen LogP contribution in [0.25, 0.3) is 6.08 Å². The number of rotatable bonds is 7. The molecule has 0 bridgehead atoms. The Bertz CT molecular complexity index is 869. The number of hydrogen-bond donors (Lipinski definition) is 1. The number of nitrogens with one attached hydrogen (secondary N) is 1. The van der Waals surface area contributed by atoms with Crippen molar-refractivity contribution in [3.8, 4) is 0 Å². The summed E-state index contributed by atoms with van der Waals surface area (Å²) in [7, 11) is 0. The number of carbonyl (C=O) groups excluding carboxylic acids is 2. The van der Waals surface area contributed by atoms with Gasteiger partial charge in [0.1, 0.15) is 12.4 Å². The first-order valence-electron chi connectivity index (χ1n) is 12.4. The Morgan fingerprint density at radius 1 is 1.18 bits per heavy atom. The van der Waals surface area contributed by atoms with Gasteiger partial charge in [0, 0.05) is 23.4 Å². The molecule has 1 N–H and O–H groups in total. The van der Waals surface area contributed by atoms with Crippen LogP contribution in [0, 0.1) is 11.7 Å². The minimum atomic E-state index is -0.336. The van der Waals surface area contributed by atoms with E-state index in [1.807, 2.05) is 0 Å². The molecule has 3 fully saturated rings. The summed E-state index contributed by atoms with van der Waals surface area (Å²) < 4.78 is 14.2. The summed E-state index contributed by atoms with van der Waals surface area (Å²) in [5.41, 5.74) is 0.416. The highest BCUT2D eigenvalue weighted by atomic mass is 32.2. The third kappa shape index (κ3) is 6.38. The third-order valence-corrected chi connectivity index (χ3v) is 8.57. The SMILES string of the molecule is CC1CCN(CCCNC(=O)CN2C(=O)/C(=C/c3ccccc3F)SC3CCCCC32)CC1. The van der Waals surface area contributed by atoms with Gasteiger partial charge in [-0.1, -0.05) is 38.0 Å². The molecule has 1 aromatic carbocycles. The van der Waals surface area contributed by atoms with E-state index in [1.165, 1.54) is 18.9 Å². The van der Waals surface area contributed by atoms with Crippen LogP contribution in [0.3, 0.4) is 0 Å². The molecule has 2 aliphatic heterocycles. The Balaban J connectivity index is 1.34. The molecule has 2 atom stereocenters. The Kier molecular flexibility index (Phi) is 8.47. The predicted octanol–water partition coefficient (Wildman–Crippen LogP) is 4.29. The second-order valence-electron chi connectivity index (χ2n) is 9.70. The van der Waals surface area contributed by atoms with E-state index in [1.54, 1.807) is 40.9 Å². The van der Waals surface area contributed by atoms with Gasteiger partial charge in [-0.05, 0) is 69.8 Å². The van der Waals surface area contributed by atoms with E-state index in [4.69, 9.17) is 0 Å². The highest BCUT2D eigenvalue weighted by Gasteiger charge is 2.41. The number of hydrogen-bond acceptors (Lipinski definition) is 4. The van der Waals surface area contributed by atoms with Crippen LogP contribution in [-0.4, -0.2) is 65.6 Å². The Hall–Kier alpha value is -1.86. The van der Waals surface area contributed by atoms with Crippen LogP contribution in [0.1, 0.15) is 57.4 Å². The maximum Gasteiger partial charge on any atom is 0.261 e. The monoisotopic (exact) mass is 473 g/mol. The lowest BCUT2D eigenvalue weighted by Gasteiger charge is -2.43. The lowest BCUT2D eigenvalue weighted by atomic mass is 9.93. The maximum atomic E-state index is 14.2. The molecule has 7 heteroatoms. The fourth-order valence-corrected chi connectivity index (χ4v) is 6.59. The molecule has 0 radical (unpaired) electrons. The van der Waals surface area contributed by atoms with Crippen LogP contribution < -0.4 is 5.32 Å². The number of fused-ring (bicyclic) bond motifs is 1. The molecule has 2 heterocycles. The van der Waals surface area contributed by atoms with Crippen molar-refractivity contribution in [3.63, 3.8) is 0 Å². The molecule has 1 aliphatic carbocycles. The first kappa shape index (κ1) is 24.3. The fourth-order valence-electron chi connectivity index (χ4n) is 5.12. The summed E-state index contributed by atoms with van der Waals surface area (Å²) in [6.45, 7) is 6.33. The molecule has 1 saturated carbocycles. The molecule has 180 valence electrons. The number of piperidine rings is 1. The predicted molar refractivity (Wildman–Crippen MR) is 132 cm³/mol. The zero-order valence-electron chi connectivity index (χ0n) is 19.6. The minimum Gasteiger partial charge on any atom is -0.355 e. The number of carbonyl (C=O) groups is 2. The lowest BCUT2D eigenvalue weighted by molar-refractivity contribution is -0.135.